The quantitative estimate of drug-likeness (QED) is 0.912. The summed E-state index contributed by atoms with van der Waals surface area (Å²) in [5.41, 5.74) is 4.95. The molecule has 0 saturated carbocycles. The van der Waals surface area contributed by atoms with E-state index < -0.39 is 0 Å². The highest BCUT2D eigenvalue weighted by Crippen LogP contribution is 2.37. The van der Waals surface area contributed by atoms with E-state index in [1.165, 1.54) is 22.3 Å². The topological polar surface area (TPSA) is 32.3 Å². The number of nitrogens with zero attached hydrogens (tertiary/aromatic N) is 1. The molecular weight excluding hydrogens is 308 g/mol. The van der Waals surface area contributed by atoms with Gasteiger partial charge in [0.15, 0.2) is 0 Å². The number of piperidine rings is 1. The molecule has 130 valence electrons. The van der Waals surface area contributed by atoms with Crippen LogP contribution in [0.2, 0.25) is 0 Å². The lowest BCUT2D eigenvalue weighted by Gasteiger charge is -2.41. The molecule has 0 bridgehead atoms. The number of carbonyl (C=O) groups is 1. The lowest BCUT2D eigenvalue weighted by Crippen LogP contribution is -2.51. The molecule has 1 saturated heterocycles. The van der Waals surface area contributed by atoms with Gasteiger partial charge in [0, 0.05) is 19.6 Å². The third-order valence-corrected chi connectivity index (χ3v) is 5.71. The number of amides is 1. The van der Waals surface area contributed by atoms with Gasteiger partial charge in [0.25, 0.3) is 0 Å². The molecule has 3 nitrogen and oxygen atoms in total. The maximum Gasteiger partial charge on any atom is 0.228 e. The fraction of sp³-hybridized carbons (Fsp3) is 0.409. The van der Waals surface area contributed by atoms with Crippen molar-refractivity contribution in [2.45, 2.75) is 39.3 Å². The average Bonchev–Trinajstić information content (AvgIpc) is 2.73. The number of hydrogen-bond donors (Lipinski definition) is 1. The Morgan fingerprint density at radius 2 is 1.96 bits per heavy atom. The number of hydrogen-bond acceptors (Lipinski definition) is 2. The molecule has 1 spiro atoms. The van der Waals surface area contributed by atoms with Crippen LogP contribution in [0.15, 0.2) is 48.5 Å². The molecule has 1 unspecified atom stereocenters. The molecule has 25 heavy (non-hydrogen) atoms. The summed E-state index contributed by atoms with van der Waals surface area (Å²) in [7, 11) is 0. The Hall–Kier alpha value is -2.13. The fourth-order valence-corrected chi connectivity index (χ4v) is 4.47. The zero-order valence-electron chi connectivity index (χ0n) is 14.9. The number of likely N-dealkylation sites (tertiary alicyclic amines) is 1. The summed E-state index contributed by atoms with van der Waals surface area (Å²) in [5.74, 6) is 0.234. The largest absolute Gasteiger partial charge is 0.351 e. The predicted molar refractivity (Wildman–Crippen MR) is 100 cm³/mol. The molecule has 2 aliphatic rings. The summed E-state index contributed by atoms with van der Waals surface area (Å²) in [4.78, 5) is 15.4. The molecule has 3 heteroatoms. The van der Waals surface area contributed by atoms with Crippen molar-refractivity contribution >= 4 is 5.91 Å². The first-order valence-corrected chi connectivity index (χ1v) is 9.28. The van der Waals surface area contributed by atoms with Crippen LogP contribution in [0.1, 0.15) is 35.1 Å². The van der Waals surface area contributed by atoms with Crippen LogP contribution in [0.3, 0.4) is 0 Å². The van der Waals surface area contributed by atoms with Crippen molar-refractivity contribution in [2.75, 3.05) is 13.1 Å². The van der Waals surface area contributed by atoms with Gasteiger partial charge in [-0.3, -0.25) is 9.69 Å². The second-order valence-electron chi connectivity index (χ2n) is 7.71. The molecule has 1 atom stereocenters. The third kappa shape index (κ3) is 3.34. The van der Waals surface area contributed by atoms with E-state index in [4.69, 9.17) is 0 Å². The second kappa shape index (κ2) is 6.64. The van der Waals surface area contributed by atoms with Crippen LogP contribution in [0.4, 0.5) is 0 Å². The van der Waals surface area contributed by atoms with Gasteiger partial charge in [-0.2, -0.15) is 0 Å². The van der Waals surface area contributed by atoms with Gasteiger partial charge in [0.2, 0.25) is 5.91 Å². The first kappa shape index (κ1) is 16.3. The van der Waals surface area contributed by atoms with Gasteiger partial charge in [-0.1, -0.05) is 54.1 Å². The van der Waals surface area contributed by atoms with E-state index in [0.29, 0.717) is 6.54 Å². The van der Waals surface area contributed by atoms with E-state index in [2.05, 4.69) is 65.7 Å². The Morgan fingerprint density at radius 1 is 1.12 bits per heavy atom. The molecule has 1 N–H and O–H groups in total. The minimum Gasteiger partial charge on any atom is -0.351 e. The molecule has 0 aromatic heterocycles. The number of fused-ring (bicyclic) bond motifs is 1. The van der Waals surface area contributed by atoms with Crippen molar-refractivity contribution in [1.29, 1.82) is 0 Å². The summed E-state index contributed by atoms with van der Waals surface area (Å²) in [6.07, 6.45) is 2.93. The standard InChI is InChI=1S/C22H26N2O/c1-17-6-4-7-18(12-17)15-24-11-5-10-22(16-24)13-19-8-2-3-9-20(19)14-23-21(22)25/h2-4,6-9,12H,5,10-11,13-16H2,1H3,(H,23,25). The monoisotopic (exact) mass is 334 g/mol. The highest BCUT2D eigenvalue weighted by Gasteiger charge is 2.43. The molecular formula is C22H26N2O. The van der Waals surface area contributed by atoms with Crippen molar-refractivity contribution < 1.29 is 4.79 Å². The molecule has 0 aliphatic carbocycles. The summed E-state index contributed by atoms with van der Waals surface area (Å²) in [5, 5.41) is 3.19. The minimum absolute atomic E-state index is 0.234. The number of rotatable bonds is 2. The molecule has 2 aliphatic heterocycles. The minimum atomic E-state index is -0.283. The van der Waals surface area contributed by atoms with Gasteiger partial charge in [-0.25, -0.2) is 0 Å². The number of nitrogens with one attached hydrogen (secondary N) is 1. The van der Waals surface area contributed by atoms with Gasteiger partial charge in [0.1, 0.15) is 0 Å². The van der Waals surface area contributed by atoms with E-state index in [9.17, 15) is 4.79 Å². The predicted octanol–water partition coefficient (Wildman–Crippen LogP) is 3.45. The van der Waals surface area contributed by atoms with E-state index >= 15 is 0 Å². The summed E-state index contributed by atoms with van der Waals surface area (Å²) in [6, 6.07) is 17.2. The third-order valence-electron chi connectivity index (χ3n) is 5.71. The first-order chi connectivity index (χ1) is 12.1. The number of carbonyl (C=O) groups excluding carboxylic acids is 1. The SMILES string of the molecule is Cc1cccc(CN2CCCC3(Cc4ccccc4CNC3=O)C2)c1. The van der Waals surface area contributed by atoms with E-state index in [1.54, 1.807) is 0 Å². The van der Waals surface area contributed by atoms with Crippen molar-refractivity contribution in [2.24, 2.45) is 5.41 Å². The molecule has 0 radical (unpaired) electrons. The van der Waals surface area contributed by atoms with Crippen molar-refractivity contribution in [1.82, 2.24) is 10.2 Å². The average molecular weight is 334 g/mol. The van der Waals surface area contributed by atoms with E-state index in [-0.39, 0.29) is 11.3 Å². The van der Waals surface area contributed by atoms with Crippen LogP contribution < -0.4 is 5.32 Å². The normalized spacial score (nSPS) is 23.8. The van der Waals surface area contributed by atoms with Crippen LogP contribution in [0.25, 0.3) is 0 Å². The first-order valence-electron chi connectivity index (χ1n) is 9.28. The molecule has 1 fully saturated rings. The van der Waals surface area contributed by atoms with Crippen molar-refractivity contribution in [3.05, 3.63) is 70.8 Å². The number of aryl methyl sites for hydroxylation is 1. The van der Waals surface area contributed by atoms with Crippen LogP contribution in [-0.4, -0.2) is 23.9 Å². The fourth-order valence-electron chi connectivity index (χ4n) is 4.47. The van der Waals surface area contributed by atoms with E-state index in [0.717, 1.165) is 38.9 Å². The van der Waals surface area contributed by atoms with E-state index in [1.807, 2.05) is 0 Å². The Morgan fingerprint density at radius 3 is 2.80 bits per heavy atom. The Balaban J connectivity index is 1.57. The summed E-state index contributed by atoms with van der Waals surface area (Å²) < 4.78 is 0. The molecule has 1 amide bonds. The van der Waals surface area contributed by atoms with Gasteiger partial charge >= 0.3 is 0 Å². The van der Waals surface area contributed by atoms with Crippen LogP contribution in [0.5, 0.6) is 0 Å². The lowest BCUT2D eigenvalue weighted by molar-refractivity contribution is -0.134. The van der Waals surface area contributed by atoms with Crippen LogP contribution in [0, 0.1) is 12.3 Å². The summed E-state index contributed by atoms with van der Waals surface area (Å²) in [6.45, 7) is 5.65. The Kier molecular flexibility index (Phi) is 4.34. The maximum absolute atomic E-state index is 13.0. The molecule has 2 aromatic rings. The second-order valence-corrected chi connectivity index (χ2v) is 7.71. The highest BCUT2D eigenvalue weighted by atomic mass is 16.2. The molecule has 4 rings (SSSR count). The lowest BCUT2D eigenvalue weighted by atomic mass is 9.74. The maximum atomic E-state index is 13.0. The van der Waals surface area contributed by atoms with Crippen LogP contribution >= 0.6 is 0 Å². The van der Waals surface area contributed by atoms with Gasteiger partial charge < -0.3 is 5.32 Å². The van der Waals surface area contributed by atoms with Crippen LogP contribution in [-0.2, 0) is 24.3 Å². The van der Waals surface area contributed by atoms with Gasteiger partial charge in [0.05, 0.1) is 5.41 Å². The smallest absolute Gasteiger partial charge is 0.228 e. The summed E-state index contributed by atoms with van der Waals surface area (Å²) >= 11 is 0. The number of benzene rings is 2. The van der Waals surface area contributed by atoms with Crippen molar-refractivity contribution in [3.63, 3.8) is 0 Å². The Bertz CT molecular complexity index is 785. The van der Waals surface area contributed by atoms with Gasteiger partial charge in [-0.15, -0.1) is 0 Å². The molecule has 2 heterocycles. The zero-order valence-corrected chi connectivity index (χ0v) is 14.9. The molecule has 2 aromatic carbocycles. The van der Waals surface area contributed by atoms with Crippen molar-refractivity contribution in [3.8, 4) is 0 Å². The zero-order chi connectivity index (χ0) is 17.3. The highest BCUT2D eigenvalue weighted by molar-refractivity contribution is 5.84. The Labute approximate surface area is 150 Å². The van der Waals surface area contributed by atoms with Gasteiger partial charge in [-0.05, 0) is 49.4 Å².